The summed E-state index contributed by atoms with van der Waals surface area (Å²) in [4.78, 5) is 13.1. The standard InChI is InChI=1S/C18H13Br2N3O2/c19-7-8-25-23-16-12-3-1-2-4-13(12)21-17(16)15-11-6-5-10(20)9-14(11)22-18(15)24/h1-6,9,22,24H,7-8H2/b23-16+. The van der Waals surface area contributed by atoms with Gasteiger partial charge in [0.05, 0.1) is 16.8 Å². The molecule has 0 saturated heterocycles. The molecule has 0 fully saturated rings. The number of rotatable bonds is 4. The van der Waals surface area contributed by atoms with Gasteiger partial charge in [-0.2, -0.15) is 0 Å². The van der Waals surface area contributed by atoms with E-state index in [-0.39, 0.29) is 5.88 Å². The average Bonchev–Trinajstić information content (AvgIpc) is 3.11. The first-order valence-electron chi connectivity index (χ1n) is 7.64. The molecule has 2 aromatic carbocycles. The van der Waals surface area contributed by atoms with Gasteiger partial charge in [0.25, 0.3) is 0 Å². The second-order valence-corrected chi connectivity index (χ2v) is 7.19. The van der Waals surface area contributed by atoms with Crippen LogP contribution < -0.4 is 0 Å². The van der Waals surface area contributed by atoms with Crippen LogP contribution in [0.15, 0.2) is 57.1 Å². The van der Waals surface area contributed by atoms with Crippen molar-refractivity contribution >= 4 is 59.9 Å². The van der Waals surface area contributed by atoms with Crippen molar-refractivity contribution in [1.29, 1.82) is 0 Å². The Morgan fingerprint density at radius 1 is 1.20 bits per heavy atom. The number of H-pyrrole nitrogens is 1. The lowest BCUT2D eigenvalue weighted by Crippen LogP contribution is -2.13. The Morgan fingerprint density at radius 2 is 2.04 bits per heavy atom. The van der Waals surface area contributed by atoms with Crippen molar-refractivity contribution in [2.24, 2.45) is 10.1 Å². The highest BCUT2D eigenvalue weighted by Crippen LogP contribution is 2.36. The lowest BCUT2D eigenvalue weighted by Gasteiger charge is -2.04. The van der Waals surface area contributed by atoms with Gasteiger partial charge >= 0.3 is 0 Å². The van der Waals surface area contributed by atoms with Gasteiger partial charge in [0.2, 0.25) is 0 Å². The van der Waals surface area contributed by atoms with Gasteiger partial charge in [0, 0.05) is 20.8 Å². The number of para-hydroxylation sites is 1. The van der Waals surface area contributed by atoms with Gasteiger partial charge in [-0.25, -0.2) is 4.99 Å². The average molecular weight is 463 g/mol. The van der Waals surface area contributed by atoms with Gasteiger partial charge in [0.1, 0.15) is 18.0 Å². The van der Waals surface area contributed by atoms with Gasteiger partial charge < -0.3 is 14.9 Å². The Balaban J connectivity index is 1.89. The second-order valence-electron chi connectivity index (χ2n) is 5.48. The molecule has 0 radical (unpaired) electrons. The largest absolute Gasteiger partial charge is 0.494 e. The van der Waals surface area contributed by atoms with E-state index < -0.39 is 0 Å². The van der Waals surface area contributed by atoms with Gasteiger partial charge in [0.15, 0.2) is 5.88 Å². The number of hydrogen-bond donors (Lipinski definition) is 2. The highest BCUT2D eigenvalue weighted by molar-refractivity contribution is 9.10. The molecule has 0 aliphatic carbocycles. The first-order chi connectivity index (χ1) is 12.2. The van der Waals surface area contributed by atoms with Crippen LogP contribution in [0.2, 0.25) is 0 Å². The van der Waals surface area contributed by atoms with E-state index in [4.69, 9.17) is 9.83 Å². The summed E-state index contributed by atoms with van der Waals surface area (Å²) < 4.78 is 0.930. The Labute approximate surface area is 160 Å². The van der Waals surface area contributed by atoms with Gasteiger partial charge in [-0.1, -0.05) is 61.3 Å². The van der Waals surface area contributed by atoms with E-state index in [9.17, 15) is 5.11 Å². The molecule has 1 aromatic heterocycles. The summed E-state index contributed by atoms with van der Waals surface area (Å²) in [6.07, 6.45) is 0. The zero-order valence-corrected chi connectivity index (χ0v) is 16.1. The number of nitrogens with zero attached hydrogens (tertiary/aromatic N) is 2. The van der Waals surface area contributed by atoms with E-state index in [1.807, 2.05) is 42.5 Å². The topological polar surface area (TPSA) is 70.0 Å². The molecule has 0 saturated carbocycles. The number of fused-ring (bicyclic) bond motifs is 2. The predicted octanol–water partition coefficient (Wildman–Crippen LogP) is 4.89. The van der Waals surface area contributed by atoms with Crippen LogP contribution in [0.1, 0.15) is 11.1 Å². The molecule has 25 heavy (non-hydrogen) atoms. The number of hydrogen-bond acceptors (Lipinski definition) is 4. The van der Waals surface area contributed by atoms with Gasteiger partial charge in [-0.3, -0.25) is 0 Å². The zero-order chi connectivity index (χ0) is 17.4. The van der Waals surface area contributed by atoms with Crippen LogP contribution in [0.5, 0.6) is 5.88 Å². The van der Waals surface area contributed by atoms with E-state index in [0.717, 1.165) is 26.6 Å². The number of halogens is 2. The number of aromatic amines is 1. The van der Waals surface area contributed by atoms with Crippen molar-refractivity contribution < 1.29 is 9.94 Å². The minimum absolute atomic E-state index is 0.0628. The highest BCUT2D eigenvalue weighted by atomic mass is 79.9. The molecule has 0 amide bonds. The summed E-state index contributed by atoms with van der Waals surface area (Å²) in [5.41, 5.74) is 4.36. The predicted molar refractivity (Wildman–Crippen MR) is 107 cm³/mol. The van der Waals surface area contributed by atoms with Crippen LogP contribution in [-0.2, 0) is 4.84 Å². The van der Waals surface area contributed by atoms with E-state index in [0.29, 0.717) is 28.9 Å². The van der Waals surface area contributed by atoms with Crippen LogP contribution >= 0.6 is 31.9 Å². The van der Waals surface area contributed by atoms with E-state index in [1.165, 1.54) is 0 Å². The van der Waals surface area contributed by atoms with Crippen LogP contribution in [0.4, 0.5) is 5.69 Å². The molecule has 7 heteroatoms. The van der Waals surface area contributed by atoms with Crippen LogP contribution in [0, 0.1) is 0 Å². The maximum atomic E-state index is 10.5. The summed E-state index contributed by atoms with van der Waals surface area (Å²) in [5.74, 6) is 0.0628. The summed E-state index contributed by atoms with van der Waals surface area (Å²) in [7, 11) is 0. The molecule has 0 unspecified atom stereocenters. The molecule has 0 bridgehead atoms. The smallest absolute Gasteiger partial charge is 0.199 e. The van der Waals surface area contributed by atoms with E-state index in [1.54, 1.807) is 0 Å². The number of alkyl halides is 1. The molecular weight excluding hydrogens is 450 g/mol. The molecule has 0 atom stereocenters. The normalized spacial score (nSPS) is 14.8. The SMILES string of the molecule is Oc1[nH]c2cc(Br)ccc2c1C1=Nc2ccccc2/C1=N\OCCBr. The van der Waals surface area contributed by atoms with Gasteiger partial charge in [-0.15, -0.1) is 0 Å². The van der Waals surface area contributed by atoms with E-state index in [2.05, 4.69) is 42.0 Å². The van der Waals surface area contributed by atoms with E-state index >= 15 is 0 Å². The Kier molecular flexibility index (Phi) is 4.35. The molecule has 4 rings (SSSR count). The van der Waals surface area contributed by atoms with Crippen molar-refractivity contribution in [3.05, 3.63) is 58.1 Å². The monoisotopic (exact) mass is 461 g/mol. The minimum Gasteiger partial charge on any atom is -0.494 e. The fourth-order valence-electron chi connectivity index (χ4n) is 2.88. The number of aliphatic imine (C=N–C) groups is 1. The molecule has 0 spiro atoms. The maximum absolute atomic E-state index is 10.5. The third-order valence-corrected chi connectivity index (χ3v) is 4.73. The third-order valence-electron chi connectivity index (χ3n) is 3.92. The van der Waals surface area contributed by atoms with Crippen molar-refractivity contribution in [2.45, 2.75) is 0 Å². The fraction of sp³-hybridized carbons (Fsp3) is 0.111. The number of aromatic hydroxyl groups is 1. The third kappa shape index (κ3) is 2.87. The number of aromatic nitrogens is 1. The molecule has 5 nitrogen and oxygen atoms in total. The van der Waals surface area contributed by atoms with Crippen molar-refractivity contribution in [3.8, 4) is 5.88 Å². The first-order valence-corrected chi connectivity index (χ1v) is 9.55. The molecule has 1 aliphatic rings. The fourth-order valence-corrected chi connectivity index (χ4v) is 3.38. The second kappa shape index (κ2) is 6.65. The molecule has 1 aliphatic heterocycles. The summed E-state index contributed by atoms with van der Waals surface area (Å²) in [6.45, 7) is 0.450. The number of oxime groups is 1. The Morgan fingerprint density at radius 3 is 2.88 bits per heavy atom. The molecule has 3 aromatic rings. The molecule has 2 N–H and O–H groups in total. The highest BCUT2D eigenvalue weighted by Gasteiger charge is 2.29. The maximum Gasteiger partial charge on any atom is 0.199 e. The Bertz CT molecular complexity index is 1020. The lowest BCUT2D eigenvalue weighted by atomic mass is 10.0. The quantitative estimate of drug-likeness (QED) is 0.329. The summed E-state index contributed by atoms with van der Waals surface area (Å²) in [5, 5.41) is 16.3. The van der Waals surface area contributed by atoms with Crippen molar-refractivity contribution in [2.75, 3.05) is 11.9 Å². The van der Waals surface area contributed by atoms with Gasteiger partial charge in [-0.05, 0) is 18.2 Å². The Hall–Kier alpha value is -2.12. The summed E-state index contributed by atoms with van der Waals surface area (Å²) >= 11 is 6.77. The lowest BCUT2D eigenvalue weighted by molar-refractivity contribution is 0.163. The van der Waals surface area contributed by atoms with Crippen LogP contribution in [-0.4, -0.2) is 33.5 Å². The first kappa shape index (κ1) is 16.4. The van der Waals surface area contributed by atoms with Crippen LogP contribution in [0.3, 0.4) is 0 Å². The zero-order valence-electron chi connectivity index (χ0n) is 13.0. The summed E-state index contributed by atoms with van der Waals surface area (Å²) in [6, 6.07) is 13.5. The van der Waals surface area contributed by atoms with Crippen LogP contribution in [0.25, 0.3) is 10.9 Å². The number of benzene rings is 2. The molecule has 126 valence electrons. The van der Waals surface area contributed by atoms with Crippen molar-refractivity contribution in [1.82, 2.24) is 4.98 Å². The molecular formula is C18H13Br2N3O2. The minimum atomic E-state index is 0.0628. The van der Waals surface area contributed by atoms with Crippen molar-refractivity contribution in [3.63, 3.8) is 0 Å². The molecule has 2 heterocycles. The number of nitrogens with one attached hydrogen (secondary N) is 1.